The molecule has 1 amide bonds. The first kappa shape index (κ1) is 19.4. The molecule has 0 atom stereocenters. The second-order valence-corrected chi connectivity index (χ2v) is 8.04. The molecule has 6 nitrogen and oxygen atoms in total. The Morgan fingerprint density at radius 2 is 1.97 bits per heavy atom. The number of ether oxygens (including phenoxy) is 1. The number of amides is 1. The van der Waals surface area contributed by atoms with Gasteiger partial charge in [0.2, 0.25) is 11.8 Å². The predicted molar refractivity (Wildman–Crippen MR) is 115 cm³/mol. The second-order valence-electron chi connectivity index (χ2n) is 7.01. The first-order chi connectivity index (χ1) is 14.3. The third kappa shape index (κ3) is 5.32. The maximum absolute atomic E-state index is 12.5. The Balaban J connectivity index is 1.27. The van der Waals surface area contributed by atoms with Crippen molar-refractivity contribution >= 4 is 23.1 Å². The first-order valence-corrected chi connectivity index (χ1v) is 10.8. The van der Waals surface area contributed by atoms with Gasteiger partial charge in [0.25, 0.3) is 0 Å². The Labute approximate surface area is 174 Å². The Morgan fingerprint density at radius 3 is 2.72 bits per heavy atom. The molecule has 1 aromatic carbocycles. The number of aromatic nitrogens is 2. The summed E-state index contributed by atoms with van der Waals surface area (Å²) in [5.41, 5.74) is 0. The molecule has 3 aromatic rings. The van der Waals surface area contributed by atoms with Gasteiger partial charge in [-0.25, -0.2) is 9.97 Å². The van der Waals surface area contributed by atoms with Gasteiger partial charge in [0, 0.05) is 36.5 Å². The number of nitrogens with zero attached hydrogens (tertiary/aromatic N) is 3. The van der Waals surface area contributed by atoms with Crippen molar-refractivity contribution in [3.8, 4) is 11.6 Å². The van der Waals surface area contributed by atoms with Crippen LogP contribution < -0.4 is 15.0 Å². The molecular formula is C22H24N4O2S. The number of benzene rings is 1. The first-order valence-electron chi connectivity index (χ1n) is 9.88. The summed E-state index contributed by atoms with van der Waals surface area (Å²) in [5, 5.41) is 5.15. The van der Waals surface area contributed by atoms with Crippen molar-refractivity contribution < 1.29 is 9.53 Å². The minimum Gasteiger partial charge on any atom is -0.439 e. The maximum atomic E-state index is 12.5. The normalized spacial score (nSPS) is 14.6. The summed E-state index contributed by atoms with van der Waals surface area (Å²) in [6.07, 6.45) is 4.07. The zero-order valence-corrected chi connectivity index (χ0v) is 17.0. The molecule has 3 heterocycles. The van der Waals surface area contributed by atoms with Crippen molar-refractivity contribution in [1.82, 2.24) is 15.3 Å². The molecule has 1 fully saturated rings. The van der Waals surface area contributed by atoms with E-state index in [1.165, 1.54) is 11.2 Å². The number of rotatable bonds is 7. The lowest BCUT2D eigenvalue weighted by molar-refractivity contribution is -0.125. The van der Waals surface area contributed by atoms with Gasteiger partial charge in [-0.3, -0.25) is 4.79 Å². The number of anilines is 1. The molecule has 0 aliphatic carbocycles. The van der Waals surface area contributed by atoms with Crippen LogP contribution in [0.4, 0.5) is 5.82 Å². The van der Waals surface area contributed by atoms with Crippen molar-refractivity contribution in [3.05, 3.63) is 65.1 Å². The summed E-state index contributed by atoms with van der Waals surface area (Å²) >= 11 is 1.73. The van der Waals surface area contributed by atoms with E-state index < -0.39 is 0 Å². The van der Waals surface area contributed by atoms with Crippen LogP contribution in [-0.4, -0.2) is 35.5 Å². The number of carbonyl (C=O) groups excluding carboxylic acids is 1. The minimum atomic E-state index is 0.0662. The van der Waals surface area contributed by atoms with Gasteiger partial charge in [-0.1, -0.05) is 24.3 Å². The lowest BCUT2D eigenvalue weighted by atomic mass is 9.96. The number of hydrogen-bond acceptors (Lipinski definition) is 6. The average molecular weight is 409 g/mol. The Bertz CT molecular complexity index is 910. The van der Waals surface area contributed by atoms with E-state index >= 15 is 0 Å². The molecule has 150 valence electrons. The maximum Gasteiger partial charge on any atom is 0.224 e. The van der Waals surface area contributed by atoms with Gasteiger partial charge in [0.15, 0.2) is 0 Å². The monoisotopic (exact) mass is 408 g/mol. The Kier molecular flexibility index (Phi) is 6.36. The summed E-state index contributed by atoms with van der Waals surface area (Å²) in [4.78, 5) is 24.5. The summed E-state index contributed by atoms with van der Waals surface area (Å²) in [6.45, 7) is 2.29. The standard InChI is InChI=1S/C22H24N4O2S/c27-22(23-11-8-19-7-4-14-29-19)17-9-12-26(13-10-17)20-15-21(25-16-24-20)28-18-5-2-1-3-6-18/h1-7,14-17H,8-13H2,(H,23,27). The highest BCUT2D eigenvalue weighted by Crippen LogP contribution is 2.25. The van der Waals surface area contributed by atoms with Crippen LogP contribution >= 0.6 is 11.3 Å². The van der Waals surface area contributed by atoms with Crippen LogP contribution in [0.3, 0.4) is 0 Å². The van der Waals surface area contributed by atoms with E-state index in [-0.39, 0.29) is 11.8 Å². The molecule has 0 unspecified atom stereocenters. The van der Waals surface area contributed by atoms with Gasteiger partial charge in [0.05, 0.1) is 0 Å². The van der Waals surface area contributed by atoms with Gasteiger partial charge in [-0.2, -0.15) is 0 Å². The molecule has 0 radical (unpaired) electrons. The lowest BCUT2D eigenvalue weighted by Crippen LogP contribution is -2.41. The SMILES string of the molecule is O=C(NCCc1cccs1)C1CCN(c2cc(Oc3ccccc3)ncn2)CC1. The molecule has 1 aliphatic rings. The van der Waals surface area contributed by atoms with Crippen molar-refractivity contribution in [3.63, 3.8) is 0 Å². The van der Waals surface area contributed by atoms with Gasteiger partial charge >= 0.3 is 0 Å². The topological polar surface area (TPSA) is 67.4 Å². The zero-order chi connectivity index (χ0) is 19.9. The molecule has 0 spiro atoms. The molecule has 0 saturated carbocycles. The summed E-state index contributed by atoms with van der Waals surface area (Å²) < 4.78 is 5.80. The molecule has 4 rings (SSSR count). The molecule has 1 N–H and O–H groups in total. The quantitative estimate of drug-likeness (QED) is 0.642. The molecule has 1 aliphatic heterocycles. The van der Waals surface area contributed by atoms with Crippen LogP contribution in [0, 0.1) is 5.92 Å². The molecule has 29 heavy (non-hydrogen) atoms. The summed E-state index contributed by atoms with van der Waals surface area (Å²) in [5.74, 6) is 2.33. The van der Waals surface area contributed by atoms with E-state index in [0.29, 0.717) is 12.4 Å². The number of piperidine rings is 1. The molecule has 2 aromatic heterocycles. The Hall–Kier alpha value is -2.93. The van der Waals surface area contributed by atoms with Gasteiger partial charge in [0.1, 0.15) is 17.9 Å². The van der Waals surface area contributed by atoms with E-state index in [4.69, 9.17) is 4.74 Å². The van der Waals surface area contributed by atoms with Gasteiger partial charge in [-0.15, -0.1) is 11.3 Å². The highest BCUT2D eigenvalue weighted by Gasteiger charge is 2.25. The number of hydrogen-bond donors (Lipinski definition) is 1. The number of nitrogens with one attached hydrogen (secondary N) is 1. The average Bonchev–Trinajstić information content (AvgIpc) is 3.28. The van der Waals surface area contributed by atoms with E-state index in [1.807, 2.05) is 42.5 Å². The van der Waals surface area contributed by atoms with Crippen LogP contribution in [-0.2, 0) is 11.2 Å². The predicted octanol–water partition coefficient (Wildman–Crippen LogP) is 3.91. The number of carbonyl (C=O) groups is 1. The minimum absolute atomic E-state index is 0.0662. The molecule has 7 heteroatoms. The van der Waals surface area contributed by atoms with Crippen LogP contribution in [0.15, 0.2) is 60.2 Å². The Morgan fingerprint density at radius 1 is 1.14 bits per heavy atom. The van der Waals surface area contributed by atoms with E-state index in [0.717, 1.165) is 43.9 Å². The smallest absolute Gasteiger partial charge is 0.224 e. The highest BCUT2D eigenvalue weighted by molar-refractivity contribution is 7.09. The fourth-order valence-corrected chi connectivity index (χ4v) is 4.16. The van der Waals surface area contributed by atoms with E-state index in [9.17, 15) is 4.79 Å². The van der Waals surface area contributed by atoms with Crippen molar-refractivity contribution in [1.29, 1.82) is 0 Å². The zero-order valence-electron chi connectivity index (χ0n) is 16.2. The largest absolute Gasteiger partial charge is 0.439 e. The van der Waals surface area contributed by atoms with E-state index in [2.05, 4.69) is 31.6 Å². The second kappa shape index (κ2) is 9.52. The molecular weight excluding hydrogens is 384 g/mol. The summed E-state index contributed by atoms with van der Waals surface area (Å²) in [7, 11) is 0. The van der Waals surface area contributed by atoms with E-state index in [1.54, 1.807) is 11.3 Å². The van der Waals surface area contributed by atoms with Gasteiger partial charge < -0.3 is 15.0 Å². The van der Waals surface area contributed by atoms with Crippen LogP contribution in [0.5, 0.6) is 11.6 Å². The third-order valence-electron chi connectivity index (χ3n) is 5.03. The fourth-order valence-electron chi connectivity index (χ4n) is 3.45. The van der Waals surface area contributed by atoms with Crippen molar-refractivity contribution in [2.45, 2.75) is 19.3 Å². The van der Waals surface area contributed by atoms with Crippen LogP contribution in [0.2, 0.25) is 0 Å². The number of para-hydroxylation sites is 1. The van der Waals surface area contributed by atoms with Crippen LogP contribution in [0.25, 0.3) is 0 Å². The van der Waals surface area contributed by atoms with Crippen molar-refractivity contribution in [2.75, 3.05) is 24.5 Å². The highest BCUT2D eigenvalue weighted by atomic mass is 32.1. The molecule has 0 bridgehead atoms. The van der Waals surface area contributed by atoms with Crippen LogP contribution in [0.1, 0.15) is 17.7 Å². The fraction of sp³-hybridized carbons (Fsp3) is 0.318. The molecule has 1 saturated heterocycles. The lowest BCUT2D eigenvalue weighted by Gasteiger charge is -2.32. The number of thiophene rings is 1. The summed E-state index contributed by atoms with van der Waals surface area (Å²) in [6, 6.07) is 15.6. The third-order valence-corrected chi connectivity index (χ3v) is 5.97. The van der Waals surface area contributed by atoms with Gasteiger partial charge in [-0.05, 0) is 42.8 Å². The van der Waals surface area contributed by atoms with Crippen molar-refractivity contribution in [2.24, 2.45) is 5.92 Å².